The Hall–Kier alpha value is -3.46. The molecule has 0 unspecified atom stereocenters. The number of likely N-dealkylation sites (N-methyl/N-ethyl adjacent to an activating group) is 1. The zero-order valence-corrected chi connectivity index (χ0v) is 16.3. The number of ether oxygens (including phenoxy) is 1. The molecule has 0 atom stereocenters. The van der Waals surface area contributed by atoms with Gasteiger partial charge < -0.3 is 14.6 Å². The molecule has 0 amide bonds. The van der Waals surface area contributed by atoms with Crippen LogP contribution in [-0.4, -0.2) is 69.5 Å². The average Bonchev–Trinajstić information content (AvgIpc) is 3.22. The number of benzene rings is 1. The zero-order valence-electron chi connectivity index (χ0n) is 16.3. The largest absolute Gasteiger partial charge is 0.497 e. The van der Waals surface area contributed by atoms with Gasteiger partial charge in [-0.1, -0.05) is 0 Å². The van der Waals surface area contributed by atoms with Crippen molar-refractivity contribution < 1.29 is 4.74 Å². The normalized spacial score (nSPS) is 15.3. The Balaban J connectivity index is 1.76. The number of hydrogen-bond donors (Lipinski definition) is 0. The average molecular weight is 391 g/mol. The Morgan fingerprint density at radius 2 is 1.79 bits per heavy atom. The predicted molar refractivity (Wildman–Crippen MR) is 110 cm³/mol. The highest BCUT2D eigenvalue weighted by Gasteiger charge is 2.20. The third kappa shape index (κ3) is 2.90. The molecule has 1 fully saturated rings. The van der Waals surface area contributed by atoms with Crippen molar-refractivity contribution in [1.29, 1.82) is 0 Å². The molecule has 9 heteroatoms. The van der Waals surface area contributed by atoms with Crippen molar-refractivity contribution in [3.63, 3.8) is 0 Å². The maximum absolute atomic E-state index is 13.6. The smallest absolute Gasteiger partial charge is 0.280 e. The summed E-state index contributed by atoms with van der Waals surface area (Å²) in [4.78, 5) is 24.6. The van der Waals surface area contributed by atoms with E-state index in [-0.39, 0.29) is 5.56 Å². The lowest BCUT2D eigenvalue weighted by molar-refractivity contribution is 0.286. The molecule has 0 spiro atoms. The van der Waals surface area contributed by atoms with Crippen molar-refractivity contribution in [2.24, 2.45) is 0 Å². The minimum Gasteiger partial charge on any atom is -0.497 e. The topological polar surface area (TPSA) is 80.8 Å². The maximum atomic E-state index is 13.6. The first-order valence-corrected chi connectivity index (χ1v) is 9.49. The Morgan fingerprint density at radius 1 is 1.03 bits per heavy atom. The van der Waals surface area contributed by atoms with E-state index >= 15 is 0 Å². The number of methoxy groups -OCH3 is 1. The molecule has 0 radical (unpaired) electrons. The number of fused-ring (bicyclic) bond motifs is 2. The number of aromatic nitrogens is 5. The first-order valence-electron chi connectivity index (χ1n) is 9.49. The summed E-state index contributed by atoms with van der Waals surface area (Å²) in [6.45, 7) is 3.41. The molecule has 0 bridgehead atoms. The van der Waals surface area contributed by atoms with Gasteiger partial charge in [0.2, 0.25) is 0 Å². The molecule has 29 heavy (non-hydrogen) atoms. The second kappa shape index (κ2) is 6.85. The second-order valence-corrected chi connectivity index (χ2v) is 7.14. The molecule has 4 heterocycles. The third-order valence-electron chi connectivity index (χ3n) is 5.40. The highest BCUT2D eigenvalue weighted by atomic mass is 16.5. The summed E-state index contributed by atoms with van der Waals surface area (Å²) in [5.41, 5.74) is 2.02. The number of pyridine rings is 1. The monoisotopic (exact) mass is 391 g/mol. The van der Waals surface area contributed by atoms with Gasteiger partial charge in [0.05, 0.1) is 23.7 Å². The first kappa shape index (κ1) is 17.6. The fourth-order valence-electron chi connectivity index (χ4n) is 3.76. The molecular formula is C20H21N7O2. The Morgan fingerprint density at radius 3 is 2.52 bits per heavy atom. The highest BCUT2D eigenvalue weighted by Crippen LogP contribution is 2.27. The second-order valence-electron chi connectivity index (χ2n) is 7.14. The van der Waals surface area contributed by atoms with Gasteiger partial charge in [-0.2, -0.15) is 14.6 Å². The third-order valence-corrected chi connectivity index (χ3v) is 5.40. The molecule has 148 valence electrons. The van der Waals surface area contributed by atoms with Crippen LogP contribution in [0.25, 0.3) is 27.9 Å². The van der Waals surface area contributed by atoms with Gasteiger partial charge >= 0.3 is 0 Å². The molecule has 1 aliphatic rings. The SMILES string of the molecule is COc1ccc(-c2c3c(=O)n(N4CCN(C)CC4)ccc3nc3ncnn23)cc1. The van der Waals surface area contributed by atoms with E-state index < -0.39 is 0 Å². The lowest BCUT2D eigenvalue weighted by Gasteiger charge is -2.34. The summed E-state index contributed by atoms with van der Waals surface area (Å²) in [7, 11) is 3.72. The molecule has 1 aliphatic heterocycles. The summed E-state index contributed by atoms with van der Waals surface area (Å²) < 4.78 is 8.60. The fourth-order valence-corrected chi connectivity index (χ4v) is 3.76. The fraction of sp³-hybridized carbons (Fsp3) is 0.300. The van der Waals surface area contributed by atoms with Gasteiger partial charge in [0.15, 0.2) is 0 Å². The van der Waals surface area contributed by atoms with Gasteiger partial charge in [0, 0.05) is 37.9 Å². The standard InChI is InChI=1S/C20H21N7O2/c1-24-9-11-25(12-10-24)26-8-7-16-17(19(26)28)18(27-20(23-16)21-13-22-27)14-3-5-15(29-2)6-4-14/h3-8,13H,9-12H2,1-2H3. The van der Waals surface area contributed by atoms with Crippen LogP contribution in [0.1, 0.15) is 0 Å². The van der Waals surface area contributed by atoms with Crippen LogP contribution in [0, 0.1) is 0 Å². The number of piperazine rings is 1. The van der Waals surface area contributed by atoms with Crippen LogP contribution in [0.5, 0.6) is 5.75 Å². The summed E-state index contributed by atoms with van der Waals surface area (Å²) in [5, 5.41) is 6.92. The predicted octanol–water partition coefficient (Wildman–Crippen LogP) is 0.998. The molecule has 9 nitrogen and oxygen atoms in total. The van der Waals surface area contributed by atoms with Crippen molar-refractivity contribution in [2.75, 3.05) is 45.3 Å². The molecule has 4 aromatic rings. The van der Waals surface area contributed by atoms with Gasteiger partial charge in [-0.15, -0.1) is 0 Å². The van der Waals surface area contributed by atoms with Crippen LogP contribution in [0.2, 0.25) is 0 Å². The number of hydrogen-bond acceptors (Lipinski definition) is 7. The van der Waals surface area contributed by atoms with Crippen LogP contribution in [0.3, 0.4) is 0 Å². The van der Waals surface area contributed by atoms with E-state index in [9.17, 15) is 4.79 Å². The van der Waals surface area contributed by atoms with Gasteiger partial charge in [-0.05, 0) is 37.4 Å². The van der Waals surface area contributed by atoms with Crippen LogP contribution in [0.4, 0.5) is 0 Å². The van der Waals surface area contributed by atoms with Crippen molar-refractivity contribution in [3.05, 3.63) is 53.2 Å². The molecule has 1 saturated heterocycles. The number of rotatable bonds is 3. The van der Waals surface area contributed by atoms with Gasteiger partial charge in [-0.3, -0.25) is 4.79 Å². The van der Waals surface area contributed by atoms with Crippen molar-refractivity contribution >= 4 is 16.7 Å². The molecule has 0 saturated carbocycles. The summed E-state index contributed by atoms with van der Waals surface area (Å²) in [5.74, 6) is 1.21. The van der Waals surface area contributed by atoms with E-state index in [1.165, 1.54) is 6.33 Å². The Kier molecular flexibility index (Phi) is 4.17. The van der Waals surface area contributed by atoms with E-state index in [0.29, 0.717) is 22.4 Å². The molecule has 3 aromatic heterocycles. The lowest BCUT2D eigenvalue weighted by atomic mass is 10.1. The van der Waals surface area contributed by atoms with Crippen LogP contribution < -0.4 is 15.3 Å². The van der Waals surface area contributed by atoms with Gasteiger partial charge in [-0.25, -0.2) is 9.66 Å². The summed E-state index contributed by atoms with van der Waals surface area (Å²) in [6, 6.07) is 9.44. The van der Waals surface area contributed by atoms with Gasteiger partial charge in [0.1, 0.15) is 12.1 Å². The minimum atomic E-state index is -0.109. The Labute approximate surface area is 166 Å². The van der Waals surface area contributed by atoms with E-state index in [2.05, 4.69) is 32.0 Å². The van der Waals surface area contributed by atoms with Crippen molar-refractivity contribution in [1.82, 2.24) is 29.2 Å². The summed E-state index contributed by atoms with van der Waals surface area (Å²) in [6.07, 6.45) is 3.25. The van der Waals surface area contributed by atoms with Crippen LogP contribution in [0.15, 0.2) is 47.7 Å². The Bertz CT molecular complexity index is 1240. The zero-order chi connectivity index (χ0) is 20.0. The van der Waals surface area contributed by atoms with Crippen molar-refractivity contribution in [2.45, 2.75) is 0 Å². The van der Waals surface area contributed by atoms with Crippen LogP contribution in [-0.2, 0) is 0 Å². The first-order chi connectivity index (χ1) is 14.2. The van der Waals surface area contributed by atoms with Gasteiger partial charge in [0.25, 0.3) is 11.3 Å². The minimum absolute atomic E-state index is 0.109. The molecule has 5 rings (SSSR count). The lowest BCUT2D eigenvalue weighted by Crippen LogP contribution is -2.52. The quantitative estimate of drug-likeness (QED) is 0.515. The maximum Gasteiger partial charge on any atom is 0.280 e. The molecule has 0 N–H and O–H groups in total. The van der Waals surface area contributed by atoms with E-state index in [0.717, 1.165) is 37.5 Å². The highest BCUT2D eigenvalue weighted by molar-refractivity contribution is 5.93. The van der Waals surface area contributed by atoms with E-state index in [4.69, 9.17) is 4.74 Å². The van der Waals surface area contributed by atoms with Crippen LogP contribution >= 0.6 is 0 Å². The van der Waals surface area contributed by atoms with E-state index in [1.54, 1.807) is 22.5 Å². The molecular weight excluding hydrogens is 370 g/mol. The summed E-state index contributed by atoms with van der Waals surface area (Å²) >= 11 is 0. The van der Waals surface area contributed by atoms with E-state index in [1.807, 2.05) is 30.3 Å². The van der Waals surface area contributed by atoms with Crippen molar-refractivity contribution in [3.8, 4) is 17.0 Å². The molecule has 0 aliphatic carbocycles. The molecule has 1 aromatic carbocycles. The number of nitrogens with zero attached hydrogens (tertiary/aromatic N) is 7.